The minimum atomic E-state index is -0.993. The number of nitrogens with one attached hydrogen (secondary N) is 1. The molecule has 1 fully saturated rings. The van der Waals surface area contributed by atoms with Crippen LogP contribution in [0.5, 0.6) is 11.5 Å². The molecule has 1 unspecified atom stereocenters. The van der Waals surface area contributed by atoms with Crippen molar-refractivity contribution in [3.63, 3.8) is 0 Å². The lowest BCUT2D eigenvalue weighted by Crippen LogP contribution is -2.28. The number of amides is 2. The van der Waals surface area contributed by atoms with Gasteiger partial charge in [-0.15, -0.1) is 0 Å². The van der Waals surface area contributed by atoms with E-state index in [9.17, 15) is 24.1 Å². The van der Waals surface area contributed by atoms with Crippen molar-refractivity contribution in [2.24, 2.45) is 5.92 Å². The molecule has 0 aliphatic carbocycles. The standard InChI is InChI=1S/C21H22FN3O6/c1-3-30-15-6-8-19(31-4-2)17(11-15)23-21(27)13-9-20(26)24(12-13)14-5-7-16(22)18(10-14)25(28)29/h5-8,10-11,13H,3-4,9,12H2,1-2H3,(H,23,27). The lowest BCUT2D eigenvalue weighted by atomic mass is 10.1. The predicted molar refractivity (Wildman–Crippen MR) is 111 cm³/mol. The van der Waals surface area contributed by atoms with Crippen LogP contribution in [0.4, 0.5) is 21.5 Å². The fourth-order valence-corrected chi connectivity index (χ4v) is 3.32. The Hall–Kier alpha value is -3.69. The van der Waals surface area contributed by atoms with Crippen LogP contribution in [-0.2, 0) is 9.59 Å². The number of carbonyl (C=O) groups excluding carboxylic acids is 2. The number of ether oxygens (including phenoxy) is 2. The van der Waals surface area contributed by atoms with E-state index in [4.69, 9.17) is 9.47 Å². The Morgan fingerprint density at radius 3 is 2.65 bits per heavy atom. The van der Waals surface area contributed by atoms with Crippen LogP contribution in [0.25, 0.3) is 0 Å². The van der Waals surface area contributed by atoms with Crippen LogP contribution >= 0.6 is 0 Å². The number of nitro benzene ring substituents is 1. The maximum Gasteiger partial charge on any atom is 0.306 e. The van der Waals surface area contributed by atoms with Gasteiger partial charge in [-0.3, -0.25) is 19.7 Å². The van der Waals surface area contributed by atoms with Gasteiger partial charge in [0.2, 0.25) is 17.6 Å². The van der Waals surface area contributed by atoms with Crippen molar-refractivity contribution in [1.82, 2.24) is 0 Å². The van der Waals surface area contributed by atoms with Crippen molar-refractivity contribution in [3.05, 3.63) is 52.3 Å². The van der Waals surface area contributed by atoms with Crippen molar-refractivity contribution < 1.29 is 28.4 Å². The SMILES string of the molecule is CCOc1ccc(OCC)c(NC(=O)C2CC(=O)N(c3ccc(F)c([N+](=O)[O-])c3)C2)c1. The normalized spacial score (nSPS) is 15.6. The average Bonchev–Trinajstić information content (AvgIpc) is 3.12. The molecule has 0 radical (unpaired) electrons. The van der Waals surface area contributed by atoms with E-state index in [0.717, 1.165) is 12.1 Å². The molecule has 10 heteroatoms. The van der Waals surface area contributed by atoms with Crippen LogP contribution in [0.2, 0.25) is 0 Å². The zero-order chi connectivity index (χ0) is 22.5. The van der Waals surface area contributed by atoms with E-state index in [0.29, 0.717) is 30.4 Å². The molecule has 1 aliphatic rings. The van der Waals surface area contributed by atoms with Gasteiger partial charge in [0.05, 0.1) is 35.4 Å². The van der Waals surface area contributed by atoms with E-state index in [-0.39, 0.29) is 24.6 Å². The summed E-state index contributed by atoms with van der Waals surface area (Å²) in [5.74, 6) is -1.44. The van der Waals surface area contributed by atoms with E-state index in [2.05, 4.69) is 5.32 Å². The van der Waals surface area contributed by atoms with E-state index in [1.807, 2.05) is 13.8 Å². The van der Waals surface area contributed by atoms with Gasteiger partial charge < -0.3 is 19.7 Å². The number of hydrogen-bond donors (Lipinski definition) is 1. The smallest absolute Gasteiger partial charge is 0.306 e. The van der Waals surface area contributed by atoms with Crippen LogP contribution in [0.3, 0.4) is 0 Å². The fourth-order valence-electron chi connectivity index (χ4n) is 3.32. The molecule has 1 atom stereocenters. The first kappa shape index (κ1) is 22.0. The average molecular weight is 431 g/mol. The molecule has 1 heterocycles. The van der Waals surface area contributed by atoms with Gasteiger partial charge >= 0.3 is 5.69 Å². The third-order valence-corrected chi connectivity index (χ3v) is 4.75. The van der Waals surface area contributed by atoms with Gasteiger partial charge in [-0.25, -0.2) is 0 Å². The lowest BCUT2D eigenvalue weighted by Gasteiger charge is -2.17. The highest BCUT2D eigenvalue weighted by Gasteiger charge is 2.36. The number of nitrogens with zero attached hydrogens (tertiary/aromatic N) is 2. The molecule has 0 bridgehead atoms. The Kier molecular flexibility index (Phi) is 6.68. The summed E-state index contributed by atoms with van der Waals surface area (Å²) in [6.45, 7) is 4.53. The minimum absolute atomic E-state index is 0.0164. The largest absolute Gasteiger partial charge is 0.494 e. The third kappa shape index (κ3) is 4.90. The topological polar surface area (TPSA) is 111 Å². The quantitative estimate of drug-likeness (QED) is 0.506. The van der Waals surface area contributed by atoms with Crippen molar-refractivity contribution in [2.45, 2.75) is 20.3 Å². The van der Waals surface area contributed by atoms with Gasteiger partial charge in [0.1, 0.15) is 11.5 Å². The van der Waals surface area contributed by atoms with Gasteiger partial charge in [0.15, 0.2) is 0 Å². The number of carbonyl (C=O) groups is 2. The highest BCUT2D eigenvalue weighted by molar-refractivity contribution is 6.04. The monoisotopic (exact) mass is 431 g/mol. The first-order valence-electron chi connectivity index (χ1n) is 9.78. The first-order valence-corrected chi connectivity index (χ1v) is 9.78. The molecule has 3 rings (SSSR count). The summed E-state index contributed by atoms with van der Waals surface area (Å²) >= 11 is 0. The van der Waals surface area contributed by atoms with Crippen molar-refractivity contribution >= 4 is 28.9 Å². The summed E-state index contributed by atoms with van der Waals surface area (Å²) in [6, 6.07) is 8.26. The number of nitro groups is 1. The molecule has 0 saturated carbocycles. The van der Waals surface area contributed by atoms with Gasteiger partial charge in [0.25, 0.3) is 0 Å². The van der Waals surface area contributed by atoms with Gasteiger partial charge in [-0.2, -0.15) is 4.39 Å². The van der Waals surface area contributed by atoms with E-state index in [1.165, 1.54) is 11.0 Å². The van der Waals surface area contributed by atoms with E-state index in [1.54, 1.807) is 18.2 Å². The van der Waals surface area contributed by atoms with Crippen LogP contribution < -0.4 is 19.7 Å². The van der Waals surface area contributed by atoms with Crippen molar-refractivity contribution in [1.29, 1.82) is 0 Å². The Balaban J connectivity index is 1.77. The van der Waals surface area contributed by atoms with Crippen LogP contribution in [0, 0.1) is 21.8 Å². The summed E-state index contributed by atoms with van der Waals surface area (Å²) < 4.78 is 24.6. The van der Waals surface area contributed by atoms with Gasteiger partial charge in [-0.05, 0) is 38.1 Å². The summed E-state index contributed by atoms with van der Waals surface area (Å²) in [7, 11) is 0. The Labute approximate surface area is 177 Å². The summed E-state index contributed by atoms with van der Waals surface area (Å²) in [6.07, 6.45) is -0.0773. The Morgan fingerprint density at radius 2 is 1.97 bits per heavy atom. The molecule has 1 N–H and O–H groups in total. The maximum absolute atomic E-state index is 13.6. The van der Waals surface area contributed by atoms with Gasteiger partial charge in [0, 0.05) is 25.1 Å². The second-order valence-corrected chi connectivity index (χ2v) is 6.81. The molecular formula is C21H22FN3O6. The number of anilines is 2. The van der Waals surface area contributed by atoms with Gasteiger partial charge in [-0.1, -0.05) is 0 Å². The highest BCUT2D eigenvalue weighted by atomic mass is 19.1. The second-order valence-electron chi connectivity index (χ2n) is 6.81. The number of rotatable bonds is 8. The lowest BCUT2D eigenvalue weighted by molar-refractivity contribution is -0.387. The second kappa shape index (κ2) is 9.41. The Morgan fingerprint density at radius 1 is 1.23 bits per heavy atom. The Bertz CT molecular complexity index is 1010. The number of halogens is 1. The molecular weight excluding hydrogens is 409 g/mol. The molecule has 2 aromatic carbocycles. The third-order valence-electron chi connectivity index (χ3n) is 4.75. The molecule has 9 nitrogen and oxygen atoms in total. The molecule has 0 aromatic heterocycles. The highest BCUT2D eigenvalue weighted by Crippen LogP contribution is 2.33. The maximum atomic E-state index is 13.6. The molecule has 164 valence electrons. The van der Waals surface area contributed by atoms with Crippen LogP contribution in [0.15, 0.2) is 36.4 Å². The first-order chi connectivity index (χ1) is 14.8. The number of benzene rings is 2. The summed E-state index contributed by atoms with van der Waals surface area (Å²) in [4.78, 5) is 36.7. The minimum Gasteiger partial charge on any atom is -0.494 e. The summed E-state index contributed by atoms with van der Waals surface area (Å²) in [5.41, 5.74) is -0.143. The van der Waals surface area contributed by atoms with E-state index >= 15 is 0 Å². The summed E-state index contributed by atoms with van der Waals surface area (Å²) in [5, 5.41) is 13.8. The zero-order valence-corrected chi connectivity index (χ0v) is 17.1. The molecule has 2 amide bonds. The van der Waals surface area contributed by atoms with Crippen molar-refractivity contribution in [2.75, 3.05) is 30.0 Å². The molecule has 1 saturated heterocycles. The fraction of sp³-hybridized carbons (Fsp3) is 0.333. The van der Waals surface area contributed by atoms with Crippen LogP contribution in [0.1, 0.15) is 20.3 Å². The molecule has 1 aliphatic heterocycles. The molecule has 0 spiro atoms. The van der Waals surface area contributed by atoms with Crippen molar-refractivity contribution in [3.8, 4) is 11.5 Å². The zero-order valence-electron chi connectivity index (χ0n) is 17.1. The van der Waals surface area contributed by atoms with E-state index < -0.39 is 28.3 Å². The van der Waals surface area contributed by atoms with Crippen LogP contribution in [-0.4, -0.2) is 36.5 Å². The number of hydrogen-bond acceptors (Lipinski definition) is 6. The molecule has 2 aromatic rings. The predicted octanol–water partition coefficient (Wildman–Crippen LogP) is 3.52. The molecule has 31 heavy (non-hydrogen) atoms.